The molecule has 5 rings (SSSR count). The molecule has 0 spiro atoms. The van der Waals surface area contributed by atoms with E-state index in [-0.39, 0.29) is 11.6 Å². The Morgan fingerprint density at radius 2 is 1.92 bits per heavy atom. The normalized spacial score (nSPS) is 19.7. The Balaban J connectivity index is 1.80. The van der Waals surface area contributed by atoms with Crippen LogP contribution in [-0.4, -0.2) is 28.9 Å². The minimum atomic E-state index is -0.0666. The van der Waals surface area contributed by atoms with Crippen molar-refractivity contribution in [3.8, 4) is 5.82 Å². The van der Waals surface area contributed by atoms with E-state index in [2.05, 4.69) is 22.2 Å². The Labute approximate surface area is 149 Å². The maximum atomic E-state index is 13.3. The van der Waals surface area contributed by atoms with Crippen molar-refractivity contribution < 1.29 is 0 Å². The van der Waals surface area contributed by atoms with Crippen molar-refractivity contribution in [2.45, 2.75) is 39.2 Å². The minimum Gasteiger partial charge on any atom is -0.302 e. The zero-order valence-electron chi connectivity index (χ0n) is 15.0. The van der Waals surface area contributed by atoms with Crippen LogP contribution < -0.4 is 5.56 Å². The number of nitrogens with zero attached hydrogens (tertiary/aromatic N) is 6. The quantitative estimate of drug-likeness (QED) is 0.571. The lowest BCUT2D eigenvalue weighted by atomic mass is 10.2. The molecule has 7 nitrogen and oxygen atoms in total. The van der Waals surface area contributed by atoms with E-state index in [0.29, 0.717) is 23.2 Å². The first kappa shape index (κ1) is 15.3. The monoisotopic (exact) mass is 348 g/mol. The molecule has 26 heavy (non-hydrogen) atoms. The predicted octanol–water partition coefficient (Wildman–Crippen LogP) is 2.93. The van der Waals surface area contributed by atoms with Crippen molar-refractivity contribution >= 4 is 16.6 Å². The molecular weight excluding hydrogens is 328 g/mol. The van der Waals surface area contributed by atoms with Crippen molar-refractivity contribution in [2.24, 2.45) is 5.92 Å². The molecule has 0 N–H and O–H groups in total. The fraction of sp³-hybridized carbons (Fsp3) is 0.368. The maximum Gasteiger partial charge on any atom is 0.279 e. The molecule has 3 aromatic heterocycles. The third-order valence-electron chi connectivity index (χ3n) is 5.30. The van der Waals surface area contributed by atoms with Gasteiger partial charge in [-0.05, 0) is 38.3 Å². The van der Waals surface area contributed by atoms with Crippen LogP contribution in [0.25, 0.3) is 22.4 Å². The number of hydrogen-bond donors (Lipinski definition) is 0. The molecule has 2 atom stereocenters. The summed E-state index contributed by atoms with van der Waals surface area (Å²) in [4.78, 5) is 17.8. The average molecular weight is 348 g/mol. The van der Waals surface area contributed by atoms with Crippen molar-refractivity contribution in [3.05, 3.63) is 52.8 Å². The van der Waals surface area contributed by atoms with Crippen LogP contribution in [0.5, 0.6) is 0 Å². The van der Waals surface area contributed by atoms with E-state index in [1.165, 1.54) is 0 Å². The highest BCUT2D eigenvalue weighted by atomic mass is 16.1. The van der Waals surface area contributed by atoms with Crippen molar-refractivity contribution in [1.82, 2.24) is 28.9 Å². The van der Waals surface area contributed by atoms with Gasteiger partial charge in [0.25, 0.3) is 5.56 Å². The zero-order valence-corrected chi connectivity index (χ0v) is 15.0. The lowest BCUT2D eigenvalue weighted by molar-refractivity contribution is 0.600. The summed E-state index contributed by atoms with van der Waals surface area (Å²) in [5.41, 5.74) is 3.28. The number of rotatable bonds is 3. The van der Waals surface area contributed by atoms with Gasteiger partial charge in [0.15, 0.2) is 11.3 Å². The minimum absolute atomic E-state index is 0.0405. The first-order valence-corrected chi connectivity index (χ1v) is 8.99. The fourth-order valence-electron chi connectivity index (χ4n) is 3.78. The highest BCUT2D eigenvalue weighted by Gasteiger charge is 2.36. The van der Waals surface area contributed by atoms with E-state index in [9.17, 15) is 4.79 Å². The molecule has 0 bridgehead atoms. The van der Waals surface area contributed by atoms with E-state index >= 15 is 0 Å². The van der Waals surface area contributed by atoms with Gasteiger partial charge in [-0.15, -0.1) is 5.10 Å². The van der Waals surface area contributed by atoms with E-state index < -0.39 is 0 Å². The highest BCUT2D eigenvalue weighted by molar-refractivity contribution is 5.81. The molecule has 1 aromatic carbocycles. The Kier molecular flexibility index (Phi) is 3.10. The van der Waals surface area contributed by atoms with Gasteiger partial charge < -0.3 is 4.57 Å². The number of fused-ring (bicyclic) bond motifs is 3. The van der Waals surface area contributed by atoms with Gasteiger partial charge in [0.05, 0.1) is 22.9 Å². The van der Waals surface area contributed by atoms with Crippen molar-refractivity contribution in [2.75, 3.05) is 0 Å². The Morgan fingerprint density at radius 3 is 2.62 bits per heavy atom. The third kappa shape index (κ3) is 2.06. The van der Waals surface area contributed by atoms with Crippen molar-refractivity contribution in [1.29, 1.82) is 0 Å². The average Bonchev–Trinajstić information content (AvgIpc) is 3.03. The summed E-state index contributed by atoms with van der Waals surface area (Å²) in [7, 11) is 0. The third-order valence-corrected chi connectivity index (χ3v) is 5.30. The second-order valence-corrected chi connectivity index (χ2v) is 7.45. The number of imidazole rings is 1. The second-order valence-electron chi connectivity index (χ2n) is 7.45. The summed E-state index contributed by atoms with van der Waals surface area (Å²) in [6, 6.07) is 7.94. The van der Waals surface area contributed by atoms with Crippen LogP contribution in [0.15, 0.2) is 41.6 Å². The Bertz CT molecular complexity index is 1200. The number of para-hydroxylation sites is 2. The summed E-state index contributed by atoms with van der Waals surface area (Å²) in [6.45, 7) is 6.24. The van der Waals surface area contributed by atoms with Crippen LogP contribution in [0.2, 0.25) is 0 Å². The number of hydrogen-bond acceptors (Lipinski definition) is 4. The molecule has 7 heteroatoms. The maximum absolute atomic E-state index is 13.3. The van der Waals surface area contributed by atoms with Gasteiger partial charge >= 0.3 is 0 Å². The summed E-state index contributed by atoms with van der Waals surface area (Å²) in [5, 5.41) is 8.54. The van der Waals surface area contributed by atoms with Crippen molar-refractivity contribution in [3.63, 3.8) is 0 Å². The SMILES string of the molecule is CC1CC1c1cn(-c2ncn3c2c(=O)n(C(C)C)c2ccccc23)nn1. The lowest BCUT2D eigenvalue weighted by Gasteiger charge is -2.15. The molecule has 0 amide bonds. The largest absolute Gasteiger partial charge is 0.302 e. The zero-order chi connectivity index (χ0) is 18.0. The molecule has 0 radical (unpaired) electrons. The van der Waals surface area contributed by atoms with Crippen LogP contribution in [-0.2, 0) is 0 Å². The molecule has 3 heterocycles. The molecule has 132 valence electrons. The second kappa shape index (κ2) is 5.27. The molecule has 0 saturated heterocycles. The molecule has 1 saturated carbocycles. The first-order chi connectivity index (χ1) is 12.6. The Hall–Kier alpha value is -2.96. The molecule has 1 aliphatic carbocycles. The number of benzene rings is 1. The lowest BCUT2D eigenvalue weighted by Crippen LogP contribution is -2.25. The van der Waals surface area contributed by atoms with Gasteiger partial charge in [0.2, 0.25) is 0 Å². The predicted molar refractivity (Wildman–Crippen MR) is 98.8 cm³/mol. The van der Waals surface area contributed by atoms with E-state index in [1.807, 2.05) is 53.3 Å². The Morgan fingerprint density at radius 1 is 1.19 bits per heavy atom. The molecule has 0 aliphatic heterocycles. The highest BCUT2D eigenvalue weighted by Crippen LogP contribution is 2.45. The molecule has 2 unspecified atom stereocenters. The summed E-state index contributed by atoms with van der Waals surface area (Å²) in [6.07, 6.45) is 4.75. The van der Waals surface area contributed by atoms with Crippen LogP contribution in [0.3, 0.4) is 0 Å². The summed E-state index contributed by atoms with van der Waals surface area (Å²) in [5.74, 6) is 1.66. The van der Waals surface area contributed by atoms with Gasteiger partial charge in [-0.1, -0.05) is 24.3 Å². The fourth-order valence-corrected chi connectivity index (χ4v) is 3.78. The van der Waals surface area contributed by atoms with E-state index in [4.69, 9.17) is 0 Å². The van der Waals surface area contributed by atoms with Crippen LogP contribution in [0, 0.1) is 5.92 Å². The summed E-state index contributed by atoms with van der Waals surface area (Å²) < 4.78 is 5.31. The van der Waals surface area contributed by atoms with Gasteiger partial charge in [0, 0.05) is 12.0 Å². The van der Waals surface area contributed by atoms with E-state index in [0.717, 1.165) is 23.1 Å². The van der Waals surface area contributed by atoms with Gasteiger partial charge in [0.1, 0.15) is 6.33 Å². The van der Waals surface area contributed by atoms with Crippen LogP contribution in [0.1, 0.15) is 44.8 Å². The van der Waals surface area contributed by atoms with Crippen LogP contribution in [0.4, 0.5) is 0 Å². The smallest absolute Gasteiger partial charge is 0.279 e. The van der Waals surface area contributed by atoms with E-state index in [1.54, 1.807) is 11.0 Å². The first-order valence-electron chi connectivity index (χ1n) is 8.99. The molecule has 1 aliphatic rings. The molecule has 1 fully saturated rings. The van der Waals surface area contributed by atoms with Gasteiger partial charge in [-0.3, -0.25) is 9.20 Å². The standard InChI is InChI=1S/C19H20N6O/c1-11(2)25-16-7-5-4-6-15(16)23-10-20-18(17(23)19(25)26)24-9-14(21-22-24)13-8-12(13)3/h4-7,9-13H,8H2,1-3H3. The van der Waals surface area contributed by atoms with Crippen LogP contribution >= 0.6 is 0 Å². The molecular formula is C19H20N6O. The van der Waals surface area contributed by atoms with Gasteiger partial charge in [-0.2, -0.15) is 4.68 Å². The summed E-state index contributed by atoms with van der Waals surface area (Å²) >= 11 is 0. The molecule has 4 aromatic rings. The van der Waals surface area contributed by atoms with Gasteiger partial charge in [-0.25, -0.2) is 4.98 Å². The topological polar surface area (TPSA) is 70.0 Å². The number of aromatic nitrogens is 6.